The second-order valence-corrected chi connectivity index (χ2v) is 6.96. The lowest BCUT2D eigenvalue weighted by Gasteiger charge is -2.10. The van der Waals surface area contributed by atoms with Gasteiger partial charge in [0.15, 0.2) is 0 Å². The Bertz CT molecular complexity index is 890. The Morgan fingerprint density at radius 3 is 1.88 bits per heavy atom. The van der Waals surface area contributed by atoms with E-state index in [9.17, 15) is 4.79 Å². The number of benzene rings is 2. The number of carbonyl (C=O) groups excluding carboxylic acids is 1. The van der Waals surface area contributed by atoms with E-state index >= 15 is 0 Å². The highest BCUT2D eigenvalue weighted by atomic mass is 32.2. The summed E-state index contributed by atoms with van der Waals surface area (Å²) in [5.74, 6) is 0.437. The standard InChI is InChI=1S/C20H19N3OS/c1-13-4-8-16(9-5-13)18-19(17-10-6-14(2)7-11-17)22-23-20(21-18)25-12-15(3)24/h4-11H,12H2,1-3H3. The molecule has 0 amide bonds. The van der Waals surface area contributed by atoms with Crippen molar-refractivity contribution in [3.8, 4) is 22.5 Å². The van der Waals surface area contributed by atoms with Crippen LogP contribution in [-0.2, 0) is 4.79 Å². The summed E-state index contributed by atoms with van der Waals surface area (Å²) in [4.78, 5) is 15.9. The van der Waals surface area contributed by atoms with Crippen molar-refractivity contribution in [1.29, 1.82) is 0 Å². The average Bonchev–Trinajstić information content (AvgIpc) is 2.61. The fourth-order valence-corrected chi connectivity index (χ4v) is 2.94. The van der Waals surface area contributed by atoms with Gasteiger partial charge in [0.05, 0.1) is 5.75 Å². The number of ketones is 1. The van der Waals surface area contributed by atoms with Crippen molar-refractivity contribution in [2.75, 3.05) is 5.75 Å². The highest BCUT2D eigenvalue weighted by Gasteiger charge is 2.14. The molecule has 0 atom stereocenters. The second kappa shape index (κ2) is 7.57. The molecule has 0 radical (unpaired) electrons. The van der Waals surface area contributed by atoms with Gasteiger partial charge in [0.1, 0.15) is 17.2 Å². The number of nitrogens with zero attached hydrogens (tertiary/aromatic N) is 3. The van der Waals surface area contributed by atoms with Crippen LogP contribution in [0.15, 0.2) is 53.7 Å². The van der Waals surface area contributed by atoms with Crippen molar-refractivity contribution in [1.82, 2.24) is 15.2 Å². The van der Waals surface area contributed by atoms with E-state index in [1.807, 2.05) is 36.4 Å². The molecule has 0 fully saturated rings. The minimum absolute atomic E-state index is 0.0908. The lowest BCUT2D eigenvalue weighted by atomic mass is 10.0. The van der Waals surface area contributed by atoms with Gasteiger partial charge in [0, 0.05) is 11.1 Å². The first kappa shape index (κ1) is 17.3. The first-order valence-electron chi connectivity index (χ1n) is 8.04. The minimum atomic E-state index is 0.0908. The van der Waals surface area contributed by atoms with E-state index in [-0.39, 0.29) is 5.78 Å². The summed E-state index contributed by atoms with van der Waals surface area (Å²) in [5, 5.41) is 9.13. The summed E-state index contributed by atoms with van der Waals surface area (Å²) < 4.78 is 0. The molecule has 1 heterocycles. The molecule has 1 aromatic heterocycles. The van der Waals surface area contributed by atoms with Crippen molar-refractivity contribution in [3.05, 3.63) is 59.7 Å². The van der Waals surface area contributed by atoms with Gasteiger partial charge in [-0.25, -0.2) is 4.98 Å². The van der Waals surface area contributed by atoms with E-state index in [1.54, 1.807) is 6.92 Å². The van der Waals surface area contributed by atoms with Crippen LogP contribution >= 0.6 is 11.8 Å². The molecule has 0 aliphatic rings. The van der Waals surface area contributed by atoms with Gasteiger partial charge >= 0.3 is 0 Å². The zero-order valence-corrected chi connectivity index (χ0v) is 15.3. The quantitative estimate of drug-likeness (QED) is 0.635. The van der Waals surface area contributed by atoms with Crippen molar-refractivity contribution in [2.24, 2.45) is 0 Å². The lowest BCUT2D eigenvalue weighted by Crippen LogP contribution is -2.01. The molecule has 126 valence electrons. The van der Waals surface area contributed by atoms with Crippen LogP contribution in [0, 0.1) is 13.8 Å². The Labute approximate surface area is 151 Å². The first-order valence-corrected chi connectivity index (χ1v) is 9.02. The fraction of sp³-hybridized carbons (Fsp3) is 0.200. The average molecular weight is 349 g/mol. The van der Waals surface area contributed by atoms with E-state index in [0.29, 0.717) is 10.9 Å². The minimum Gasteiger partial charge on any atom is -0.299 e. The van der Waals surface area contributed by atoms with E-state index in [2.05, 4.69) is 41.2 Å². The molecule has 4 nitrogen and oxygen atoms in total. The summed E-state index contributed by atoms with van der Waals surface area (Å²) in [6, 6.07) is 16.3. The van der Waals surface area contributed by atoms with Crippen LogP contribution in [0.3, 0.4) is 0 Å². The molecule has 3 rings (SSSR count). The number of aryl methyl sites for hydroxylation is 2. The molecule has 0 spiro atoms. The number of Topliss-reactive ketones (excluding diaryl/α,β-unsaturated/α-hetero) is 1. The monoisotopic (exact) mass is 349 g/mol. The van der Waals surface area contributed by atoms with Crippen LogP contribution in [0.1, 0.15) is 18.1 Å². The highest BCUT2D eigenvalue weighted by molar-refractivity contribution is 7.99. The van der Waals surface area contributed by atoms with Crippen molar-refractivity contribution < 1.29 is 4.79 Å². The van der Waals surface area contributed by atoms with Crippen molar-refractivity contribution in [2.45, 2.75) is 25.9 Å². The predicted octanol–water partition coefficient (Wildman–Crippen LogP) is 4.50. The zero-order valence-electron chi connectivity index (χ0n) is 14.5. The van der Waals surface area contributed by atoms with Gasteiger partial charge in [0.2, 0.25) is 5.16 Å². The summed E-state index contributed by atoms with van der Waals surface area (Å²) in [6.07, 6.45) is 0. The predicted molar refractivity (Wildman–Crippen MR) is 102 cm³/mol. The van der Waals surface area contributed by atoms with E-state index < -0.39 is 0 Å². The Kier molecular flexibility index (Phi) is 5.24. The molecule has 0 N–H and O–H groups in total. The van der Waals surface area contributed by atoms with E-state index in [0.717, 1.165) is 22.5 Å². The number of carbonyl (C=O) groups is 1. The number of aromatic nitrogens is 3. The number of rotatable bonds is 5. The number of thioether (sulfide) groups is 1. The van der Waals surface area contributed by atoms with Gasteiger partial charge in [-0.15, -0.1) is 10.2 Å². The molecule has 0 unspecified atom stereocenters. The van der Waals surface area contributed by atoms with Crippen LogP contribution in [0.25, 0.3) is 22.5 Å². The molecule has 0 aliphatic carbocycles. The van der Waals surface area contributed by atoms with Crippen LogP contribution < -0.4 is 0 Å². The van der Waals surface area contributed by atoms with Gasteiger partial charge in [0.25, 0.3) is 0 Å². The summed E-state index contributed by atoms with van der Waals surface area (Å²) in [7, 11) is 0. The maximum absolute atomic E-state index is 11.2. The second-order valence-electron chi connectivity index (χ2n) is 6.01. The Balaban J connectivity index is 2.08. The summed E-state index contributed by atoms with van der Waals surface area (Å²) in [6.45, 7) is 5.66. The van der Waals surface area contributed by atoms with Gasteiger partial charge in [-0.3, -0.25) is 4.79 Å². The van der Waals surface area contributed by atoms with Crippen LogP contribution in [-0.4, -0.2) is 26.7 Å². The maximum Gasteiger partial charge on any atom is 0.210 e. The molecule has 25 heavy (non-hydrogen) atoms. The smallest absolute Gasteiger partial charge is 0.210 e. The van der Waals surface area contributed by atoms with Gasteiger partial charge < -0.3 is 0 Å². The zero-order chi connectivity index (χ0) is 17.8. The Hall–Kier alpha value is -2.53. The molecular formula is C20H19N3OS. The Morgan fingerprint density at radius 2 is 1.36 bits per heavy atom. The third kappa shape index (κ3) is 4.31. The summed E-state index contributed by atoms with van der Waals surface area (Å²) in [5.41, 5.74) is 5.87. The molecule has 0 bridgehead atoms. The number of hydrogen-bond acceptors (Lipinski definition) is 5. The SMILES string of the molecule is CC(=O)CSc1nnc(-c2ccc(C)cc2)c(-c2ccc(C)cc2)n1. The third-order valence-electron chi connectivity index (χ3n) is 3.72. The molecule has 0 saturated heterocycles. The van der Waals surface area contributed by atoms with Crippen LogP contribution in [0.5, 0.6) is 0 Å². The summed E-state index contributed by atoms with van der Waals surface area (Å²) >= 11 is 1.31. The third-order valence-corrected chi connectivity index (χ3v) is 4.70. The van der Waals surface area contributed by atoms with Gasteiger partial charge in [-0.1, -0.05) is 71.4 Å². The van der Waals surface area contributed by atoms with E-state index in [4.69, 9.17) is 0 Å². The molecule has 0 aliphatic heterocycles. The largest absolute Gasteiger partial charge is 0.299 e. The molecule has 5 heteroatoms. The molecule has 2 aromatic carbocycles. The topological polar surface area (TPSA) is 55.7 Å². The highest BCUT2D eigenvalue weighted by Crippen LogP contribution is 2.30. The molecule has 3 aromatic rings. The van der Waals surface area contributed by atoms with Crippen LogP contribution in [0.4, 0.5) is 0 Å². The van der Waals surface area contributed by atoms with Crippen molar-refractivity contribution in [3.63, 3.8) is 0 Å². The Morgan fingerprint density at radius 1 is 0.840 bits per heavy atom. The normalized spacial score (nSPS) is 10.7. The first-order chi connectivity index (χ1) is 12.0. The van der Waals surface area contributed by atoms with E-state index in [1.165, 1.54) is 22.9 Å². The lowest BCUT2D eigenvalue weighted by molar-refractivity contribution is -0.114. The van der Waals surface area contributed by atoms with Crippen molar-refractivity contribution >= 4 is 17.5 Å². The maximum atomic E-state index is 11.2. The number of hydrogen-bond donors (Lipinski definition) is 0. The van der Waals surface area contributed by atoms with Gasteiger partial charge in [-0.2, -0.15) is 0 Å². The van der Waals surface area contributed by atoms with Gasteiger partial charge in [-0.05, 0) is 20.8 Å². The molecule has 0 saturated carbocycles. The van der Waals surface area contributed by atoms with Crippen LogP contribution in [0.2, 0.25) is 0 Å². The molecular weight excluding hydrogens is 330 g/mol. The fourth-order valence-electron chi connectivity index (χ4n) is 2.36.